The summed E-state index contributed by atoms with van der Waals surface area (Å²) >= 11 is 0. The van der Waals surface area contributed by atoms with E-state index in [0.717, 1.165) is 28.8 Å². The van der Waals surface area contributed by atoms with Crippen LogP contribution in [0.5, 0.6) is 5.75 Å². The van der Waals surface area contributed by atoms with Crippen LogP contribution in [-0.4, -0.2) is 33.2 Å². The number of aromatic hydroxyl groups is 1. The van der Waals surface area contributed by atoms with E-state index in [0.29, 0.717) is 6.07 Å². The molecule has 1 amide bonds. The third kappa shape index (κ3) is 3.69. The molecule has 0 saturated carbocycles. The van der Waals surface area contributed by atoms with Gasteiger partial charge in [0.15, 0.2) is 17.5 Å². The number of carbonyl (C=O) groups excluding carboxylic acids is 1. The second-order valence-corrected chi connectivity index (χ2v) is 6.19. The molecule has 0 unspecified atom stereocenters. The number of nitrogens with one attached hydrogen (secondary N) is 1. The van der Waals surface area contributed by atoms with Crippen molar-refractivity contribution in [2.75, 3.05) is 6.54 Å². The van der Waals surface area contributed by atoms with Gasteiger partial charge in [0.2, 0.25) is 0 Å². The minimum absolute atomic E-state index is 0.127. The fourth-order valence-electron chi connectivity index (χ4n) is 2.88. The maximum atomic E-state index is 14.1. The van der Waals surface area contributed by atoms with Crippen LogP contribution < -0.4 is 10.9 Å². The molecule has 30 heavy (non-hydrogen) atoms. The van der Waals surface area contributed by atoms with Gasteiger partial charge < -0.3 is 20.1 Å². The number of carbonyl (C=O) groups is 2. The van der Waals surface area contributed by atoms with Gasteiger partial charge in [-0.2, -0.15) is 0 Å². The summed E-state index contributed by atoms with van der Waals surface area (Å²) in [5.74, 6) is -9.24. The van der Waals surface area contributed by atoms with Gasteiger partial charge in [0.1, 0.15) is 23.7 Å². The highest BCUT2D eigenvalue weighted by molar-refractivity contribution is 6.03. The van der Waals surface area contributed by atoms with Gasteiger partial charge in [0, 0.05) is 10.9 Å². The third-order valence-electron chi connectivity index (χ3n) is 4.27. The van der Waals surface area contributed by atoms with Gasteiger partial charge in [-0.25, -0.2) is 17.6 Å². The molecule has 11 heteroatoms. The van der Waals surface area contributed by atoms with Crippen molar-refractivity contribution in [2.45, 2.75) is 6.54 Å². The van der Waals surface area contributed by atoms with E-state index in [1.165, 1.54) is 0 Å². The van der Waals surface area contributed by atoms with E-state index in [1.807, 2.05) is 5.32 Å². The average molecular weight is 424 g/mol. The van der Waals surface area contributed by atoms with Crippen LogP contribution >= 0.6 is 0 Å². The normalized spacial score (nSPS) is 10.9. The van der Waals surface area contributed by atoms with Crippen molar-refractivity contribution in [3.05, 3.63) is 75.1 Å². The first-order valence-corrected chi connectivity index (χ1v) is 8.29. The molecule has 0 bridgehead atoms. The molecule has 0 atom stereocenters. The highest BCUT2D eigenvalue weighted by atomic mass is 19.2. The Morgan fingerprint density at radius 1 is 1.03 bits per heavy atom. The highest BCUT2D eigenvalue weighted by Crippen LogP contribution is 2.28. The topological polar surface area (TPSA) is 109 Å². The molecular weight excluding hydrogens is 412 g/mol. The zero-order valence-corrected chi connectivity index (χ0v) is 14.9. The lowest BCUT2D eigenvalue weighted by molar-refractivity contribution is -0.135. The van der Waals surface area contributed by atoms with Crippen molar-refractivity contribution in [3.8, 4) is 5.75 Å². The Morgan fingerprint density at radius 2 is 1.73 bits per heavy atom. The zero-order valence-electron chi connectivity index (χ0n) is 14.9. The van der Waals surface area contributed by atoms with E-state index in [9.17, 15) is 37.1 Å². The highest BCUT2D eigenvalue weighted by Gasteiger charge is 2.24. The Morgan fingerprint density at radius 3 is 2.40 bits per heavy atom. The number of amides is 1. The lowest BCUT2D eigenvalue weighted by Crippen LogP contribution is -2.36. The Hall–Kier alpha value is -3.89. The molecule has 0 spiro atoms. The average Bonchev–Trinajstić information content (AvgIpc) is 2.69. The Balaban J connectivity index is 2.25. The van der Waals surface area contributed by atoms with Crippen LogP contribution in [0.2, 0.25) is 0 Å². The zero-order chi connectivity index (χ0) is 22.2. The smallest absolute Gasteiger partial charge is 0.322 e. The Kier molecular flexibility index (Phi) is 5.45. The summed E-state index contributed by atoms with van der Waals surface area (Å²) in [7, 11) is 0. The maximum Gasteiger partial charge on any atom is 0.322 e. The number of hydrogen-bond acceptors (Lipinski definition) is 4. The number of benzene rings is 2. The van der Waals surface area contributed by atoms with E-state index < -0.39 is 70.7 Å². The SMILES string of the molecule is O=C(O)CNC(=O)c1c(O)c2cc(F)ccc2n(Cc2ccc(F)c(F)c2F)c1=O. The fraction of sp³-hybridized carbons (Fsp3) is 0.105. The number of hydrogen-bond donors (Lipinski definition) is 3. The number of pyridine rings is 1. The second-order valence-electron chi connectivity index (χ2n) is 6.19. The molecule has 3 N–H and O–H groups in total. The Bertz CT molecular complexity index is 1260. The molecule has 7 nitrogen and oxygen atoms in total. The standard InChI is InChI=1S/C19H12F4N2O5/c20-9-2-4-12-10(5-9)17(28)14(18(29)24-6-13(26)27)19(30)25(12)7-8-1-3-11(21)16(23)15(8)22/h1-5,28H,6-7H2,(H,24,29)(H,26,27). The number of halogens is 4. The molecule has 0 aliphatic rings. The minimum Gasteiger partial charge on any atom is -0.506 e. The van der Waals surface area contributed by atoms with E-state index in [4.69, 9.17) is 5.11 Å². The first-order chi connectivity index (χ1) is 14.1. The largest absolute Gasteiger partial charge is 0.506 e. The predicted octanol–water partition coefficient (Wildman–Crippen LogP) is 2.13. The molecule has 0 radical (unpaired) electrons. The van der Waals surface area contributed by atoms with E-state index in [-0.39, 0.29) is 10.9 Å². The van der Waals surface area contributed by atoms with E-state index >= 15 is 0 Å². The van der Waals surface area contributed by atoms with Crippen LogP contribution in [-0.2, 0) is 11.3 Å². The van der Waals surface area contributed by atoms with Crippen molar-refractivity contribution in [3.63, 3.8) is 0 Å². The van der Waals surface area contributed by atoms with Crippen molar-refractivity contribution in [2.24, 2.45) is 0 Å². The number of aliphatic carboxylic acids is 1. The van der Waals surface area contributed by atoms with Crippen molar-refractivity contribution in [1.82, 2.24) is 9.88 Å². The molecule has 1 aromatic heterocycles. The summed E-state index contributed by atoms with van der Waals surface area (Å²) in [6.07, 6.45) is 0. The van der Waals surface area contributed by atoms with Crippen molar-refractivity contribution >= 4 is 22.8 Å². The molecule has 3 rings (SSSR count). The lowest BCUT2D eigenvalue weighted by atomic mass is 10.1. The lowest BCUT2D eigenvalue weighted by Gasteiger charge is -2.15. The van der Waals surface area contributed by atoms with Crippen LogP contribution in [0.1, 0.15) is 15.9 Å². The van der Waals surface area contributed by atoms with Gasteiger partial charge in [-0.05, 0) is 24.3 Å². The molecule has 2 aromatic carbocycles. The van der Waals surface area contributed by atoms with Crippen LogP contribution in [0.25, 0.3) is 10.9 Å². The van der Waals surface area contributed by atoms with E-state index in [2.05, 4.69) is 0 Å². The fourth-order valence-corrected chi connectivity index (χ4v) is 2.88. The number of carboxylic acids is 1. The van der Waals surface area contributed by atoms with Gasteiger partial charge in [-0.15, -0.1) is 0 Å². The predicted molar refractivity (Wildman–Crippen MR) is 95.2 cm³/mol. The van der Waals surface area contributed by atoms with Crippen LogP contribution in [0.3, 0.4) is 0 Å². The molecule has 1 heterocycles. The third-order valence-corrected chi connectivity index (χ3v) is 4.27. The van der Waals surface area contributed by atoms with Gasteiger partial charge >= 0.3 is 5.97 Å². The Labute approximate surface area is 164 Å². The summed E-state index contributed by atoms with van der Waals surface area (Å²) in [4.78, 5) is 35.8. The monoisotopic (exact) mass is 424 g/mol. The number of aromatic nitrogens is 1. The maximum absolute atomic E-state index is 14.1. The molecule has 0 aliphatic carbocycles. The summed E-state index contributed by atoms with van der Waals surface area (Å²) < 4.78 is 55.3. The number of nitrogens with zero attached hydrogens (tertiary/aromatic N) is 1. The summed E-state index contributed by atoms with van der Waals surface area (Å²) in [6, 6.07) is 4.33. The van der Waals surface area contributed by atoms with Crippen molar-refractivity contribution < 1.29 is 37.4 Å². The molecular formula is C19H12F4N2O5. The summed E-state index contributed by atoms with van der Waals surface area (Å²) in [6.45, 7) is -1.57. The number of rotatable bonds is 5. The summed E-state index contributed by atoms with van der Waals surface area (Å²) in [5.41, 5.74) is -2.68. The first-order valence-electron chi connectivity index (χ1n) is 8.29. The van der Waals surface area contributed by atoms with Gasteiger partial charge in [0.25, 0.3) is 11.5 Å². The summed E-state index contributed by atoms with van der Waals surface area (Å²) in [5, 5.41) is 20.6. The van der Waals surface area contributed by atoms with E-state index in [1.54, 1.807) is 0 Å². The first kappa shape index (κ1) is 20.8. The van der Waals surface area contributed by atoms with Gasteiger partial charge in [-0.1, -0.05) is 6.07 Å². The molecule has 156 valence electrons. The molecule has 0 saturated heterocycles. The van der Waals surface area contributed by atoms with Gasteiger partial charge in [-0.3, -0.25) is 14.4 Å². The minimum atomic E-state index is -1.77. The van der Waals surface area contributed by atoms with Gasteiger partial charge in [0.05, 0.1) is 12.1 Å². The second kappa shape index (κ2) is 7.85. The van der Waals surface area contributed by atoms with Crippen molar-refractivity contribution in [1.29, 1.82) is 0 Å². The quantitative estimate of drug-likeness (QED) is 0.430. The van der Waals surface area contributed by atoms with Crippen LogP contribution in [0, 0.1) is 23.3 Å². The number of fused-ring (bicyclic) bond motifs is 1. The molecule has 0 aliphatic heterocycles. The van der Waals surface area contributed by atoms with Crippen LogP contribution in [0.4, 0.5) is 17.6 Å². The van der Waals surface area contributed by atoms with Crippen LogP contribution in [0.15, 0.2) is 35.1 Å². The molecule has 3 aromatic rings. The number of carboxylic acid groups (broad SMARTS) is 1. The molecule has 0 fully saturated rings.